The van der Waals surface area contributed by atoms with Gasteiger partial charge in [0, 0.05) is 6.42 Å². The predicted molar refractivity (Wildman–Crippen MR) is 93.1 cm³/mol. The number of nitriles is 1. The Morgan fingerprint density at radius 2 is 1.96 bits per heavy atom. The first-order chi connectivity index (χ1) is 11.2. The molecule has 0 radical (unpaired) electrons. The Kier molecular flexibility index (Phi) is 4.03. The summed E-state index contributed by atoms with van der Waals surface area (Å²) in [6.07, 6.45) is 1.53. The van der Waals surface area contributed by atoms with Gasteiger partial charge < -0.3 is 5.73 Å². The number of nitrogens with two attached hydrogens (primary N) is 1. The summed E-state index contributed by atoms with van der Waals surface area (Å²) < 4.78 is 1.78. The van der Waals surface area contributed by atoms with E-state index in [9.17, 15) is 5.26 Å². The summed E-state index contributed by atoms with van der Waals surface area (Å²) in [5, 5.41) is 16.5. The Morgan fingerprint density at radius 3 is 2.70 bits per heavy atom. The van der Waals surface area contributed by atoms with Gasteiger partial charge in [-0.1, -0.05) is 49.4 Å². The van der Waals surface area contributed by atoms with E-state index >= 15 is 0 Å². The molecule has 4 nitrogen and oxygen atoms in total. The molecule has 0 bridgehead atoms. The predicted octanol–water partition coefficient (Wildman–Crippen LogP) is 4.05. The molecule has 0 aliphatic rings. The van der Waals surface area contributed by atoms with Gasteiger partial charge in [-0.3, -0.25) is 0 Å². The van der Waals surface area contributed by atoms with E-state index in [1.54, 1.807) is 4.68 Å². The van der Waals surface area contributed by atoms with Crippen LogP contribution in [0.1, 0.15) is 43.1 Å². The SMILES string of the molecule is CC[C@H](C)n1nc(Cc2cccc3ccccc23)c(C#N)c1N. The van der Waals surface area contributed by atoms with Crippen molar-refractivity contribution in [1.29, 1.82) is 5.26 Å². The molecule has 0 saturated carbocycles. The van der Waals surface area contributed by atoms with Crippen molar-refractivity contribution in [2.45, 2.75) is 32.7 Å². The van der Waals surface area contributed by atoms with Gasteiger partial charge in [-0.15, -0.1) is 0 Å². The molecule has 0 unspecified atom stereocenters. The van der Waals surface area contributed by atoms with Gasteiger partial charge in [0.25, 0.3) is 0 Å². The smallest absolute Gasteiger partial charge is 0.140 e. The normalized spacial score (nSPS) is 12.2. The van der Waals surface area contributed by atoms with Gasteiger partial charge in [0.05, 0.1) is 11.7 Å². The Labute approximate surface area is 136 Å². The quantitative estimate of drug-likeness (QED) is 0.790. The average Bonchev–Trinajstić information content (AvgIpc) is 2.90. The van der Waals surface area contributed by atoms with Crippen LogP contribution in [0.3, 0.4) is 0 Å². The lowest BCUT2D eigenvalue weighted by Crippen LogP contribution is -2.09. The van der Waals surface area contributed by atoms with Crippen molar-refractivity contribution in [2.75, 3.05) is 5.73 Å². The molecule has 3 rings (SSSR count). The van der Waals surface area contributed by atoms with Crippen LogP contribution in [0.5, 0.6) is 0 Å². The monoisotopic (exact) mass is 304 g/mol. The minimum Gasteiger partial charge on any atom is -0.383 e. The molecule has 2 N–H and O–H groups in total. The highest BCUT2D eigenvalue weighted by molar-refractivity contribution is 5.86. The molecule has 4 heteroatoms. The molecule has 1 heterocycles. The van der Waals surface area contributed by atoms with Gasteiger partial charge in [-0.2, -0.15) is 10.4 Å². The van der Waals surface area contributed by atoms with Gasteiger partial charge in [-0.05, 0) is 29.7 Å². The van der Waals surface area contributed by atoms with Crippen LogP contribution in [0.15, 0.2) is 42.5 Å². The largest absolute Gasteiger partial charge is 0.383 e. The summed E-state index contributed by atoms with van der Waals surface area (Å²) in [5.74, 6) is 0.470. The van der Waals surface area contributed by atoms with E-state index in [2.05, 4.69) is 49.3 Å². The Balaban J connectivity index is 2.07. The van der Waals surface area contributed by atoms with Gasteiger partial charge in [0.1, 0.15) is 17.5 Å². The summed E-state index contributed by atoms with van der Waals surface area (Å²) in [7, 11) is 0. The number of fused-ring (bicyclic) bond motifs is 1. The standard InChI is InChI=1S/C19H20N4/c1-3-13(2)23-19(21)17(12-20)18(22-23)11-15-9-6-8-14-7-4-5-10-16(14)15/h4-10,13H,3,11,21H2,1-2H3/t13-/m0/s1. The third kappa shape index (κ3) is 2.66. The van der Waals surface area contributed by atoms with Crippen molar-refractivity contribution < 1.29 is 0 Å². The fraction of sp³-hybridized carbons (Fsp3) is 0.263. The zero-order chi connectivity index (χ0) is 16.4. The molecule has 23 heavy (non-hydrogen) atoms. The minimum absolute atomic E-state index is 0.184. The lowest BCUT2D eigenvalue weighted by atomic mass is 10.00. The second kappa shape index (κ2) is 6.13. The van der Waals surface area contributed by atoms with Crippen LogP contribution < -0.4 is 5.73 Å². The van der Waals surface area contributed by atoms with E-state index in [-0.39, 0.29) is 6.04 Å². The molecule has 3 aromatic rings. The fourth-order valence-corrected chi connectivity index (χ4v) is 2.88. The molecule has 0 amide bonds. The number of aromatic nitrogens is 2. The zero-order valence-corrected chi connectivity index (χ0v) is 13.5. The summed E-state index contributed by atoms with van der Waals surface area (Å²) in [5.41, 5.74) is 8.55. The molecular weight excluding hydrogens is 284 g/mol. The van der Waals surface area contributed by atoms with Crippen molar-refractivity contribution in [3.8, 4) is 6.07 Å². The number of nitrogen functional groups attached to an aromatic ring is 1. The van der Waals surface area contributed by atoms with Crippen molar-refractivity contribution in [2.24, 2.45) is 0 Å². The summed E-state index contributed by atoms with van der Waals surface area (Å²) in [6, 6.07) is 16.9. The fourth-order valence-electron chi connectivity index (χ4n) is 2.88. The maximum absolute atomic E-state index is 9.48. The number of hydrogen-bond acceptors (Lipinski definition) is 3. The van der Waals surface area contributed by atoms with Gasteiger partial charge in [0.2, 0.25) is 0 Å². The zero-order valence-electron chi connectivity index (χ0n) is 13.5. The number of nitrogens with zero attached hydrogens (tertiary/aromatic N) is 3. The van der Waals surface area contributed by atoms with Crippen LogP contribution >= 0.6 is 0 Å². The lowest BCUT2D eigenvalue weighted by Gasteiger charge is -2.10. The van der Waals surface area contributed by atoms with Gasteiger partial charge in [0.15, 0.2) is 0 Å². The van der Waals surface area contributed by atoms with Crippen LogP contribution in [-0.4, -0.2) is 9.78 Å². The third-order valence-electron chi connectivity index (χ3n) is 4.38. The topological polar surface area (TPSA) is 67.6 Å². The average molecular weight is 304 g/mol. The van der Waals surface area contributed by atoms with E-state index in [1.807, 2.05) is 18.2 Å². The third-order valence-corrected chi connectivity index (χ3v) is 4.38. The van der Waals surface area contributed by atoms with E-state index in [0.717, 1.165) is 17.7 Å². The maximum Gasteiger partial charge on any atom is 0.140 e. The van der Waals surface area contributed by atoms with Crippen molar-refractivity contribution in [3.63, 3.8) is 0 Å². The molecule has 116 valence electrons. The van der Waals surface area contributed by atoms with Gasteiger partial charge in [-0.25, -0.2) is 4.68 Å². The summed E-state index contributed by atoms with van der Waals surface area (Å²) >= 11 is 0. The molecule has 1 atom stereocenters. The first-order valence-corrected chi connectivity index (χ1v) is 7.89. The second-order valence-corrected chi connectivity index (χ2v) is 5.84. The highest BCUT2D eigenvalue weighted by Crippen LogP contribution is 2.26. The summed E-state index contributed by atoms with van der Waals surface area (Å²) in [6.45, 7) is 4.15. The minimum atomic E-state index is 0.184. The summed E-state index contributed by atoms with van der Waals surface area (Å²) in [4.78, 5) is 0. The highest BCUT2D eigenvalue weighted by atomic mass is 15.3. The van der Waals surface area contributed by atoms with Crippen LogP contribution in [0.4, 0.5) is 5.82 Å². The van der Waals surface area contributed by atoms with E-state index < -0.39 is 0 Å². The molecule has 0 aliphatic heterocycles. The molecule has 1 aromatic heterocycles. The molecule has 0 saturated heterocycles. The molecule has 0 fully saturated rings. The van der Waals surface area contributed by atoms with Crippen LogP contribution in [0.25, 0.3) is 10.8 Å². The van der Waals surface area contributed by atoms with Gasteiger partial charge >= 0.3 is 0 Å². The first-order valence-electron chi connectivity index (χ1n) is 7.89. The van der Waals surface area contributed by atoms with Crippen molar-refractivity contribution in [3.05, 3.63) is 59.3 Å². The molecule has 0 aliphatic carbocycles. The van der Waals surface area contributed by atoms with Crippen LogP contribution in [0.2, 0.25) is 0 Å². The second-order valence-electron chi connectivity index (χ2n) is 5.84. The van der Waals surface area contributed by atoms with Crippen molar-refractivity contribution in [1.82, 2.24) is 9.78 Å². The molecule has 2 aromatic carbocycles. The van der Waals surface area contributed by atoms with E-state index in [1.165, 1.54) is 10.8 Å². The molecule has 0 spiro atoms. The van der Waals surface area contributed by atoms with E-state index in [4.69, 9.17) is 5.73 Å². The maximum atomic E-state index is 9.48. The Bertz CT molecular complexity index is 881. The highest BCUT2D eigenvalue weighted by Gasteiger charge is 2.18. The van der Waals surface area contributed by atoms with Crippen LogP contribution in [-0.2, 0) is 6.42 Å². The number of rotatable bonds is 4. The number of hydrogen-bond donors (Lipinski definition) is 1. The van der Waals surface area contributed by atoms with Crippen LogP contribution in [0, 0.1) is 11.3 Å². The number of benzene rings is 2. The van der Waals surface area contributed by atoms with E-state index in [0.29, 0.717) is 17.8 Å². The Morgan fingerprint density at radius 1 is 1.22 bits per heavy atom. The lowest BCUT2D eigenvalue weighted by molar-refractivity contribution is 0.481. The molecular formula is C19H20N4. The number of anilines is 1. The first kappa shape index (κ1) is 15.1. The Hall–Kier alpha value is -2.80. The van der Waals surface area contributed by atoms with Crippen molar-refractivity contribution >= 4 is 16.6 Å².